The van der Waals surface area contributed by atoms with Crippen LogP contribution in [0.1, 0.15) is 15.9 Å². The van der Waals surface area contributed by atoms with Crippen LogP contribution in [0, 0.1) is 12.7 Å². The molecule has 24 heavy (non-hydrogen) atoms. The molecule has 0 bridgehead atoms. The number of aromatic nitrogens is 2. The van der Waals surface area contributed by atoms with Crippen LogP contribution in [0.3, 0.4) is 0 Å². The Bertz CT molecular complexity index is 865. The van der Waals surface area contributed by atoms with E-state index < -0.39 is 5.82 Å². The zero-order chi connectivity index (χ0) is 16.9. The number of hydrogen-bond acceptors (Lipinski definition) is 4. The van der Waals surface area contributed by atoms with E-state index in [1.807, 2.05) is 13.0 Å². The van der Waals surface area contributed by atoms with Crippen LogP contribution < -0.4 is 10.6 Å². The van der Waals surface area contributed by atoms with E-state index in [0.717, 1.165) is 5.56 Å². The second-order valence-electron chi connectivity index (χ2n) is 5.18. The van der Waals surface area contributed by atoms with Gasteiger partial charge in [-0.05, 0) is 42.8 Å². The summed E-state index contributed by atoms with van der Waals surface area (Å²) in [4.78, 5) is 20.7. The highest BCUT2D eigenvalue weighted by molar-refractivity contribution is 6.07. The second kappa shape index (κ2) is 6.87. The van der Waals surface area contributed by atoms with Gasteiger partial charge in [-0.2, -0.15) is 0 Å². The Labute approximate surface area is 138 Å². The van der Waals surface area contributed by atoms with Crippen LogP contribution in [-0.2, 0) is 0 Å². The molecule has 6 heteroatoms. The highest BCUT2D eigenvalue weighted by Crippen LogP contribution is 2.21. The van der Waals surface area contributed by atoms with Crippen molar-refractivity contribution in [1.29, 1.82) is 0 Å². The standard InChI is InChI=1S/C18H15FN4O/c1-12-8-9-16(21-11-12)23-18(24)13-5-4-10-20-17(13)22-15-7-3-2-6-14(15)19/h2-11H,1H3,(H,20,22)(H,21,23,24). The number of rotatable bonds is 4. The molecule has 0 spiro atoms. The molecular formula is C18H15FN4O. The summed E-state index contributed by atoms with van der Waals surface area (Å²) in [5.74, 6) is -0.0912. The van der Waals surface area contributed by atoms with E-state index in [2.05, 4.69) is 20.6 Å². The van der Waals surface area contributed by atoms with Gasteiger partial charge in [-0.15, -0.1) is 0 Å². The molecule has 1 amide bonds. The minimum absolute atomic E-state index is 0.249. The molecular weight excluding hydrogens is 307 g/mol. The van der Waals surface area contributed by atoms with Crippen molar-refractivity contribution in [1.82, 2.24) is 9.97 Å². The molecule has 120 valence electrons. The molecule has 0 aliphatic rings. The first kappa shape index (κ1) is 15.6. The monoisotopic (exact) mass is 322 g/mol. The van der Waals surface area contributed by atoms with Crippen LogP contribution in [-0.4, -0.2) is 15.9 Å². The van der Waals surface area contributed by atoms with E-state index in [1.165, 1.54) is 12.3 Å². The van der Waals surface area contributed by atoms with Gasteiger partial charge in [0.2, 0.25) is 0 Å². The van der Waals surface area contributed by atoms with Crippen molar-refractivity contribution in [3.8, 4) is 0 Å². The van der Waals surface area contributed by atoms with Gasteiger partial charge in [0.25, 0.3) is 5.91 Å². The molecule has 0 unspecified atom stereocenters. The smallest absolute Gasteiger partial charge is 0.260 e. The molecule has 2 N–H and O–H groups in total. The third-order valence-electron chi connectivity index (χ3n) is 3.33. The summed E-state index contributed by atoms with van der Waals surface area (Å²) in [5, 5.41) is 5.55. The van der Waals surface area contributed by atoms with Crippen LogP contribution in [0.25, 0.3) is 0 Å². The second-order valence-corrected chi connectivity index (χ2v) is 5.18. The number of anilines is 3. The Balaban J connectivity index is 1.84. The Kier molecular flexibility index (Phi) is 4.47. The maximum atomic E-state index is 13.8. The lowest BCUT2D eigenvalue weighted by Crippen LogP contribution is -2.15. The molecule has 5 nitrogen and oxygen atoms in total. The van der Waals surface area contributed by atoms with Gasteiger partial charge < -0.3 is 10.6 Å². The largest absolute Gasteiger partial charge is 0.337 e. The maximum absolute atomic E-state index is 13.8. The van der Waals surface area contributed by atoms with E-state index >= 15 is 0 Å². The Hall–Kier alpha value is -3.28. The average molecular weight is 322 g/mol. The number of carbonyl (C=O) groups is 1. The topological polar surface area (TPSA) is 66.9 Å². The van der Waals surface area contributed by atoms with E-state index in [4.69, 9.17) is 0 Å². The third-order valence-corrected chi connectivity index (χ3v) is 3.33. The van der Waals surface area contributed by atoms with Gasteiger partial charge in [0.15, 0.2) is 0 Å². The van der Waals surface area contributed by atoms with E-state index in [0.29, 0.717) is 11.4 Å². The molecule has 0 aliphatic heterocycles. The Morgan fingerprint density at radius 3 is 2.62 bits per heavy atom. The normalized spacial score (nSPS) is 10.2. The van der Waals surface area contributed by atoms with Crippen molar-refractivity contribution in [3.05, 3.63) is 77.9 Å². The van der Waals surface area contributed by atoms with Crippen molar-refractivity contribution in [2.75, 3.05) is 10.6 Å². The molecule has 2 heterocycles. The highest BCUT2D eigenvalue weighted by atomic mass is 19.1. The van der Waals surface area contributed by atoms with E-state index in [-0.39, 0.29) is 17.4 Å². The van der Waals surface area contributed by atoms with Gasteiger partial charge in [-0.25, -0.2) is 14.4 Å². The predicted octanol–water partition coefficient (Wildman–Crippen LogP) is 3.92. The average Bonchev–Trinajstić information content (AvgIpc) is 2.59. The fourth-order valence-electron chi connectivity index (χ4n) is 2.10. The summed E-state index contributed by atoms with van der Waals surface area (Å²) < 4.78 is 13.8. The number of benzene rings is 1. The first-order chi connectivity index (χ1) is 11.6. The van der Waals surface area contributed by atoms with Crippen molar-refractivity contribution in [2.24, 2.45) is 0 Å². The van der Waals surface area contributed by atoms with E-state index in [9.17, 15) is 9.18 Å². The molecule has 2 aromatic heterocycles. The summed E-state index contributed by atoms with van der Waals surface area (Å²) >= 11 is 0. The highest BCUT2D eigenvalue weighted by Gasteiger charge is 2.14. The van der Waals surface area contributed by atoms with Gasteiger partial charge in [0.05, 0.1) is 11.3 Å². The lowest BCUT2D eigenvalue weighted by molar-refractivity contribution is 0.102. The molecule has 0 saturated carbocycles. The van der Waals surface area contributed by atoms with Crippen LogP contribution in [0.4, 0.5) is 21.7 Å². The minimum atomic E-state index is -0.422. The number of carbonyl (C=O) groups excluding carboxylic acids is 1. The van der Waals surface area contributed by atoms with Crippen molar-refractivity contribution in [2.45, 2.75) is 6.92 Å². The van der Waals surface area contributed by atoms with Gasteiger partial charge in [-0.1, -0.05) is 18.2 Å². The Morgan fingerprint density at radius 2 is 1.88 bits per heavy atom. The first-order valence-electron chi connectivity index (χ1n) is 7.34. The van der Waals surface area contributed by atoms with E-state index in [1.54, 1.807) is 42.6 Å². The minimum Gasteiger partial charge on any atom is -0.337 e. The molecule has 0 atom stereocenters. The summed E-state index contributed by atoms with van der Waals surface area (Å²) in [6, 6.07) is 13.0. The number of halogens is 1. The summed E-state index contributed by atoms with van der Waals surface area (Å²) in [7, 11) is 0. The van der Waals surface area contributed by atoms with Crippen molar-refractivity contribution in [3.63, 3.8) is 0 Å². The molecule has 1 aromatic carbocycles. The van der Waals surface area contributed by atoms with Gasteiger partial charge >= 0.3 is 0 Å². The van der Waals surface area contributed by atoms with Crippen molar-refractivity contribution >= 4 is 23.2 Å². The van der Waals surface area contributed by atoms with Crippen molar-refractivity contribution < 1.29 is 9.18 Å². The van der Waals surface area contributed by atoms with Gasteiger partial charge in [0, 0.05) is 12.4 Å². The van der Waals surface area contributed by atoms with Crippen LogP contribution >= 0.6 is 0 Å². The third kappa shape index (κ3) is 3.55. The zero-order valence-electron chi connectivity index (χ0n) is 13.0. The number of nitrogens with one attached hydrogen (secondary N) is 2. The number of aryl methyl sites for hydroxylation is 1. The lowest BCUT2D eigenvalue weighted by atomic mass is 10.2. The quantitative estimate of drug-likeness (QED) is 0.764. The van der Waals surface area contributed by atoms with Crippen LogP contribution in [0.15, 0.2) is 60.9 Å². The molecule has 3 rings (SSSR count). The number of hydrogen-bond donors (Lipinski definition) is 2. The summed E-state index contributed by atoms with van der Waals surface area (Å²) in [6.45, 7) is 1.91. The van der Waals surface area contributed by atoms with Crippen LogP contribution in [0.2, 0.25) is 0 Å². The first-order valence-corrected chi connectivity index (χ1v) is 7.34. The predicted molar refractivity (Wildman–Crippen MR) is 90.8 cm³/mol. The molecule has 0 radical (unpaired) electrons. The molecule has 0 aliphatic carbocycles. The van der Waals surface area contributed by atoms with Gasteiger partial charge in [-0.3, -0.25) is 4.79 Å². The molecule has 0 fully saturated rings. The fraction of sp³-hybridized carbons (Fsp3) is 0.0556. The maximum Gasteiger partial charge on any atom is 0.260 e. The Morgan fingerprint density at radius 1 is 1.04 bits per heavy atom. The number of amides is 1. The lowest BCUT2D eigenvalue weighted by Gasteiger charge is -2.11. The number of nitrogens with zero attached hydrogens (tertiary/aromatic N) is 2. The zero-order valence-corrected chi connectivity index (χ0v) is 13.0. The summed E-state index contributed by atoms with van der Waals surface area (Å²) in [5.41, 5.74) is 1.54. The fourth-order valence-corrected chi connectivity index (χ4v) is 2.10. The van der Waals surface area contributed by atoms with Gasteiger partial charge in [0.1, 0.15) is 17.5 Å². The summed E-state index contributed by atoms with van der Waals surface area (Å²) in [6.07, 6.45) is 3.20. The number of pyridine rings is 2. The SMILES string of the molecule is Cc1ccc(NC(=O)c2cccnc2Nc2ccccc2F)nc1. The number of para-hydroxylation sites is 1. The molecule has 3 aromatic rings. The van der Waals surface area contributed by atoms with Crippen LogP contribution in [0.5, 0.6) is 0 Å². The molecule has 0 saturated heterocycles.